The zero-order chi connectivity index (χ0) is 28.1. The van der Waals surface area contributed by atoms with E-state index in [2.05, 4.69) is 20.8 Å². The highest BCUT2D eigenvalue weighted by Gasteiger charge is 2.60. The second-order valence-corrected chi connectivity index (χ2v) is 13.4. The number of carboxylic acids is 1. The molecule has 2 saturated heterocycles. The Balaban J connectivity index is 1.46. The molecule has 5 aliphatic rings. The van der Waals surface area contributed by atoms with Crippen molar-refractivity contribution in [2.75, 3.05) is 13.2 Å². The van der Waals surface area contributed by atoms with Crippen LogP contribution in [0.1, 0.15) is 92.4 Å². The molecule has 2 saturated carbocycles. The first-order valence-electron chi connectivity index (χ1n) is 15.0. The maximum atomic E-state index is 12.2. The van der Waals surface area contributed by atoms with E-state index in [-0.39, 0.29) is 66.3 Å². The van der Waals surface area contributed by atoms with E-state index in [1.165, 1.54) is 19.4 Å². The van der Waals surface area contributed by atoms with Crippen molar-refractivity contribution >= 4 is 17.9 Å². The van der Waals surface area contributed by atoms with Crippen molar-refractivity contribution in [1.29, 1.82) is 0 Å². The van der Waals surface area contributed by atoms with E-state index in [1.54, 1.807) is 0 Å². The van der Waals surface area contributed by atoms with Gasteiger partial charge in [-0.15, -0.1) is 0 Å². The molecule has 39 heavy (non-hydrogen) atoms. The first-order valence-corrected chi connectivity index (χ1v) is 15.0. The topological polar surface area (TPSA) is 108 Å². The largest absolute Gasteiger partial charge is 0.481 e. The van der Waals surface area contributed by atoms with E-state index in [4.69, 9.17) is 18.9 Å². The molecule has 1 spiro atoms. The molecule has 8 heteroatoms. The Bertz CT molecular complexity index is 1010. The van der Waals surface area contributed by atoms with Gasteiger partial charge in [-0.05, 0) is 79.6 Å². The number of hydrogen-bond donors (Lipinski definition) is 1. The summed E-state index contributed by atoms with van der Waals surface area (Å²) in [7, 11) is 0. The molecule has 0 amide bonds. The van der Waals surface area contributed by atoms with Crippen LogP contribution in [-0.2, 0) is 33.3 Å². The predicted molar refractivity (Wildman–Crippen MR) is 142 cm³/mol. The smallest absolute Gasteiger partial charge is 0.303 e. The third-order valence-corrected chi connectivity index (χ3v) is 11.1. The maximum absolute atomic E-state index is 12.2. The summed E-state index contributed by atoms with van der Waals surface area (Å²) in [4.78, 5) is 35.8. The minimum atomic E-state index is -0.775. The zero-order valence-electron chi connectivity index (χ0n) is 24.2. The van der Waals surface area contributed by atoms with Crippen LogP contribution < -0.4 is 0 Å². The number of aliphatic carboxylic acids is 1. The second kappa shape index (κ2) is 10.8. The van der Waals surface area contributed by atoms with Crippen molar-refractivity contribution in [3.8, 4) is 0 Å². The number of carboxylic acid groups (broad SMARTS) is 1. The van der Waals surface area contributed by atoms with Gasteiger partial charge in [-0.1, -0.05) is 26.3 Å². The first kappa shape index (κ1) is 28.6. The second-order valence-electron chi connectivity index (χ2n) is 13.4. The lowest BCUT2D eigenvalue weighted by atomic mass is 9.50. The molecule has 0 radical (unpaired) electrons. The van der Waals surface area contributed by atoms with Gasteiger partial charge in [0.05, 0.1) is 12.7 Å². The molecular formula is C31H46O8. The Morgan fingerprint density at radius 2 is 1.82 bits per heavy atom. The lowest BCUT2D eigenvalue weighted by molar-refractivity contribution is -0.269. The van der Waals surface area contributed by atoms with Crippen LogP contribution in [0.15, 0.2) is 11.1 Å². The highest BCUT2D eigenvalue weighted by Crippen LogP contribution is 2.62. The summed E-state index contributed by atoms with van der Waals surface area (Å²) < 4.78 is 24.4. The zero-order valence-corrected chi connectivity index (χ0v) is 24.2. The van der Waals surface area contributed by atoms with Crippen LogP contribution in [0.5, 0.6) is 0 Å². The molecule has 0 bridgehead atoms. The number of fused-ring (bicyclic) bond motifs is 2. The molecule has 2 heterocycles. The normalized spacial score (nSPS) is 43.6. The molecule has 4 fully saturated rings. The number of esters is 2. The molecule has 0 aromatic carbocycles. The number of ether oxygens (including phenoxy) is 4. The summed E-state index contributed by atoms with van der Waals surface area (Å²) in [6.45, 7) is 10.5. The van der Waals surface area contributed by atoms with Crippen LogP contribution in [-0.4, -0.2) is 54.2 Å². The average molecular weight is 547 g/mol. The molecule has 0 aromatic heterocycles. The lowest BCUT2D eigenvalue weighted by Gasteiger charge is -2.55. The van der Waals surface area contributed by atoms with Gasteiger partial charge in [0.25, 0.3) is 0 Å². The standard InChI is InChI=1S/C31H46O8/c1-17-8-11-31(37-15-17)18(2)29-25(16-36-19(3)32)24(13-27(29)39-31)23-7-6-21-12-22(38-20(4)33)9-10-30(21,5)26(23)14-28(34)35/h17-18,21-23,26-27,29H,6-16H2,1-5H3,(H,34,35)/t17-,18+,21+,22+,23+,26+,27+,29-,30+,31-/m1/s1. The summed E-state index contributed by atoms with van der Waals surface area (Å²) in [6.07, 6.45) is 6.91. The summed E-state index contributed by atoms with van der Waals surface area (Å²) in [5, 5.41) is 10.0. The quantitative estimate of drug-likeness (QED) is 0.354. The summed E-state index contributed by atoms with van der Waals surface area (Å²) in [5.41, 5.74) is 2.23. The molecule has 5 rings (SSSR count). The van der Waals surface area contributed by atoms with E-state index in [9.17, 15) is 19.5 Å². The van der Waals surface area contributed by atoms with Gasteiger partial charge in [0, 0.05) is 38.5 Å². The molecule has 0 unspecified atom stereocenters. The number of carbonyl (C=O) groups is 3. The Morgan fingerprint density at radius 1 is 1.05 bits per heavy atom. The van der Waals surface area contributed by atoms with Crippen molar-refractivity contribution in [1.82, 2.24) is 0 Å². The van der Waals surface area contributed by atoms with Gasteiger partial charge >= 0.3 is 17.9 Å². The average Bonchev–Trinajstić information content (AvgIpc) is 3.33. The van der Waals surface area contributed by atoms with Crippen molar-refractivity contribution in [2.45, 2.75) is 110 Å². The van der Waals surface area contributed by atoms with Gasteiger partial charge in [-0.2, -0.15) is 0 Å². The van der Waals surface area contributed by atoms with Crippen molar-refractivity contribution < 1.29 is 38.4 Å². The van der Waals surface area contributed by atoms with Crippen LogP contribution >= 0.6 is 0 Å². The molecule has 8 nitrogen and oxygen atoms in total. The summed E-state index contributed by atoms with van der Waals surface area (Å²) >= 11 is 0. The van der Waals surface area contributed by atoms with Crippen LogP contribution in [0.3, 0.4) is 0 Å². The van der Waals surface area contributed by atoms with Crippen LogP contribution in [0.4, 0.5) is 0 Å². The summed E-state index contributed by atoms with van der Waals surface area (Å²) in [5.74, 6) is -0.807. The molecule has 10 atom stereocenters. The van der Waals surface area contributed by atoms with Crippen LogP contribution in [0.25, 0.3) is 0 Å². The molecule has 0 aromatic rings. The van der Waals surface area contributed by atoms with Gasteiger partial charge < -0.3 is 24.1 Å². The predicted octanol–water partition coefficient (Wildman–Crippen LogP) is 5.28. The number of hydrogen-bond acceptors (Lipinski definition) is 7. The minimum Gasteiger partial charge on any atom is -0.481 e. The molecular weight excluding hydrogens is 500 g/mol. The highest BCUT2D eigenvalue weighted by molar-refractivity contribution is 5.68. The molecule has 2 aliphatic heterocycles. The molecule has 218 valence electrons. The third-order valence-electron chi connectivity index (χ3n) is 11.1. The van der Waals surface area contributed by atoms with Crippen LogP contribution in [0, 0.1) is 40.9 Å². The molecule has 3 aliphatic carbocycles. The fraction of sp³-hybridized carbons (Fsp3) is 0.839. The highest BCUT2D eigenvalue weighted by atomic mass is 16.7. The monoisotopic (exact) mass is 546 g/mol. The van der Waals surface area contributed by atoms with E-state index < -0.39 is 11.8 Å². The Kier molecular flexibility index (Phi) is 7.92. The van der Waals surface area contributed by atoms with Gasteiger partial charge in [-0.25, -0.2) is 0 Å². The fourth-order valence-electron chi connectivity index (χ4n) is 9.07. The fourth-order valence-corrected chi connectivity index (χ4v) is 9.07. The summed E-state index contributed by atoms with van der Waals surface area (Å²) in [6, 6.07) is 0. The van der Waals surface area contributed by atoms with Crippen molar-refractivity contribution in [3.63, 3.8) is 0 Å². The number of carbonyl (C=O) groups excluding carboxylic acids is 2. The van der Waals surface area contributed by atoms with Gasteiger partial charge in [0.1, 0.15) is 12.7 Å². The Hall–Kier alpha value is -1.93. The Labute approximate surface area is 232 Å². The van der Waals surface area contributed by atoms with Crippen molar-refractivity contribution in [3.05, 3.63) is 11.1 Å². The lowest BCUT2D eigenvalue weighted by Crippen LogP contribution is -2.49. The molecule has 1 N–H and O–H groups in total. The van der Waals surface area contributed by atoms with Gasteiger partial charge in [-0.3, -0.25) is 14.4 Å². The van der Waals surface area contributed by atoms with Crippen LogP contribution in [0.2, 0.25) is 0 Å². The number of rotatable bonds is 6. The van der Waals surface area contributed by atoms with E-state index in [0.717, 1.165) is 56.9 Å². The minimum absolute atomic E-state index is 0.0373. The SMILES string of the molecule is CC(=O)OCC1=C([C@@H]2CC[C@H]3C[C@@H](OC(C)=O)CC[C@]3(C)[C@H]2CC(=O)O)C[C@@H]2O[C@]3(CC[C@@H](C)CO3)[C@@H](C)[C@H]12. The van der Waals surface area contributed by atoms with E-state index in [0.29, 0.717) is 18.4 Å². The van der Waals surface area contributed by atoms with E-state index in [1.807, 2.05) is 0 Å². The maximum Gasteiger partial charge on any atom is 0.303 e. The van der Waals surface area contributed by atoms with E-state index >= 15 is 0 Å². The van der Waals surface area contributed by atoms with Gasteiger partial charge in [0.15, 0.2) is 5.79 Å². The first-order chi connectivity index (χ1) is 18.4. The third kappa shape index (κ3) is 5.28. The van der Waals surface area contributed by atoms with Gasteiger partial charge in [0.2, 0.25) is 0 Å². The van der Waals surface area contributed by atoms with Crippen molar-refractivity contribution in [2.24, 2.45) is 40.9 Å². The Morgan fingerprint density at radius 3 is 2.46 bits per heavy atom.